The number of fused-ring (bicyclic) bond motifs is 3. The topological polar surface area (TPSA) is 50.7 Å². The second-order valence-electron chi connectivity index (χ2n) is 4.88. The highest BCUT2D eigenvalue weighted by Gasteiger charge is 2.12. The standard InChI is InChI=1S/C15H10ClN3OS/c1-8-4-10(7-21-8)19-15(20)12-6-17-13-5-9(16)2-3-11(13)14(12)18-19/h2-7,18H,1H3. The van der Waals surface area contributed by atoms with Gasteiger partial charge in [-0.25, -0.2) is 4.68 Å². The number of hydrogen-bond donors (Lipinski definition) is 1. The summed E-state index contributed by atoms with van der Waals surface area (Å²) in [5.41, 5.74) is 2.31. The van der Waals surface area contributed by atoms with Gasteiger partial charge in [-0.1, -0.05) is 11.6 Å². The Bertz CT molecular complexity index is 1040. The van der Waals surface area contributed by atoms with Crippen LogP contribution in [0.25, 0.3) is 27.5 Å². The summed E-state index contributed by atoms with van der Waals surface area (Å²) in [6.07, 6.45) is 1.60. The third-order valence-corrected chi connectivity index (χ3v) is 4.55. The van der Waals surface area contributed by atoms with Gasteiger partial charge in [0, 0.05) is 26.9 Å². The summed E-state index contributed by atoms with van der Waals surface area (Å²) >= 11 is 7.60. The van der Waals surface area contributed by atoms with Gasteiger partial charge < -0.3 is 0 Å². The van der Waals surface area contributed by atoms with E-state index >= 15 is 0 Å². The van der Waals surface area contributed by atoms with Crippen LogP contribution < -0.4 is 5.56 Å². The Morgan fingerprint density at radius 3 is 2.90 bits per heavy atom. The number of benzene rings is 1. The molecule has 0 saturated carbocycles. The van der Waals surface area contributed by atoms with Crippen molar-refractivity contribution >= 4 is 44.7 Å². The second kappa shape index (κ2) is 4.44. The van der Waals surface area contributed by atoms with Crippen LogP contribution in [-0.2, 0) is 0 Å². The predicted octanol–water partition coefficient (Wildman–Crippen LogP) is 3.89. The first-order chi connectivity index (χ1) is 10.1. The number of nitrogens with one attached hydrogen (secondary N) is 1. The van der Waals surface area contributed by atoms with E-state index in [1.54, 1.807) is 34.3 Å². The Labute approximate surface area is 128 Å². The number of nitrogens with zero attached hydrogens (tertiary/aromatic N) is 2. The molecular formula is C15H10ClN3OS. The van der Waals surface area contributed by atoms with Gasteiger partial charge in [-0.15, -0.1) is 11.3 Å². The van der Waals surface area contributed by atoms with E-state index in [1.165, 1.54) is 0 Å². The van der Waals surface area contributed by atoms with Gasteiger partial charge in [-0.2, -0.15) is 0 Å². The number of rotatable bonds is 1. The van der Waals surface area contributed by atoms with Gasteiger partial charge >= 0.3 is 0 Å². The van der Waals surface area contributed by atoms with E-state index in [2.05, 4.69) is 10.1 Å². The fourth-order valence-electron chi connectivity index (χ4n) is 2.46. The highest BCUT2D eigenvalue weighted by Crippen LogP contribution is 2.24. The van der Waals surface area contributed by atoms with Crippen LogP contribution in [0.1, 0.15) is 4.88 Å². The molecule has 4 aromatic rings. The molecule has 0 aliphatic rings. The molecule has 3 aromatic heterocycles. The first-order valence-electron chi connectivity index (χ1n) is 6.38. The molecule has 1 N–H and O–H groups in total. The maximum absolute atomic E-state index is 12.5. The van der Waals surface area contributed by atoms with E-state index in [-0.39, 0.29) is 5.56 Å². The highest BCUT2D eigenvalue weighted by molar-refractivity contribution is 7.10. The lowest BCUT2D eigenvalue weighted by molar-refractivity contribution is 0.868. The molecular weight excluding hydrogens is 306 g/mol. The molecule has 0 spiro atoms. The first-order valence-corrected chi connectivity index (χ1v) is 7.64. The van der Waals surface area contributed by atoms with Crippen LogP contribution in [-0.4, -0.2) is 14.8 Å². The minimum absolute atomic E-state index is 0.0906. The van der Waals surface area contributed by atoms with Crippen LogP contribution in [0.3, 0.4) is 0 Å². The molecule has 0 atom stereocenters. The Balaban J connectivity index is 2.10. The van der Waals surface area contributed by atoms with E-state index in [1.807, 2.05) is 24.4 Å². The lowest BCUT2D eigenvalue weighted by atomic mass is 10.2. The third kappa shape index (κ3) is 1.89. The zero-order chi connectivity index (χ0) is 14.6. The summed E-state index contributed by atoms with van der Waals surface area (Å²) in [4.78, 5) is 18.0. The summed E-state index contributed by atoms with van der Waals surface area (Å²) < 4.78 is 1.56. The van der Waals surface area contributed by atoms with Crippen molar-refractivity contribution < 1.29 is 0 Å². The molecule has 0 unspecified atom stereocenters. The molecule has 0 amide bonds. The van der Waals surface area contributed by atoms with E-state index in [9.17, 15) is 4.79 Å². The van der Waals surface area contributed by atoms with Crippen molar-refractivity contribution in [3.8, 4) is 5.69 Å². The Kier molecular flexibility index (Phi) is 2.67. The molecule has 0 radical (unpaired) electrons. The van der Waals surface area contributed by atoms with Crippen LogP contribution in [0.4, 0.5) is 0 Å². The minimum atomic E-state index is -0.0906. The lowest BCUT2D eigenvalue weighted by Crippen LogP contribution is -2.13. The lowest BCUT2D eigenvalue weighted by Gasteiger charge is -1.98. The Morgan fingerprint density at radius 2 is 2.14 bits per heavy atom. The van der Waals surface area contributed by atoms with E-state index in [0.29, 0.717) is 10.4 Å². The number of aryl methyl sites for hydroxylation is 1. The van der Waals surface area contributed by atoms with Crippen molar-refractivity contribution in [2.45, 2.75) is 6.92 Å². The van der Waals surface area contributed by atoms with Crippen molar-refractivity contribution in [1.29, 1.82) is 0 Å². The minimum Gasteiger partial charge on any atom is -0.290 e. The summed E-state index contributed by atoms with van der Waals surface area (Å²) in [6.45, 7) is 2.01. The molecule has 21 heavy (non-hydrogen) atoms. The van der Waals surface area contributed by atoms with Gasteiger partial charge in [0.15, 0.2) is 0 Å². The number of H-pyrrole nitrogens is 1. The molecule has 0 bridgehead atoms. The maximum Gasteiger partial charge on any atom is 0.280 e. The average Bonchev–Trinajstić information content (AvgIpc) is 3.02. The van der Waals surface area contributed by atoms with Gasteiger partial charge in [0.2, 0.25) is 0 Å². The largest absolute Gasteiger partial charge is 0.290 e. The number of pyridine rings is 1. The molecule has 4 nitrogen and oxygen atoms in total. The zero-order valence-electron chi connectivity index (χ0n) is 11.1. The Morgan fingerprint density at radius 1 is 1.29 bits per heavy atom. The van der Waals surface area contributed by atoms with Crippen LogP contribution in [0.15, 0.2) is 40.6 Å². The average molecular weight is 316 g/mol. The third-order valence-electron chi connectivity index (χ3n) is 3.46. The number of halogens is 1. The van der Waals surface area contributed by atoms with Crippen molar-refractivity contribution in [3.63, 3.8) is 0 Å². The van der Waals surface area contributed by atoms with Gasteiger partial charge in [0.1, 0.15) is 0 Å². The van der Waals surface area contributed by atoms with Crippen LogP contribution in [0.2, 0.25) is 5.02 Å². The molecule has 1 aromatic carbocycles. The van der Waals surface area contributed by atoms with Crippen molar-refractivity contribution in [2.24, 2.45) is 0 Å². The fraction of sp³-hybridized carbons (Fsp3) is 0.0667. The monoisotopic (exact) mass is 315 g/mol. The summed E-state index contributed by atoms with van der Waals surface area (Å²) in [5, 5.41) is 7.24. The quantitative estimate of drug-likeness (QED) is 0.579. The molecule has 0 aliphatic carbocycles. The highest BCUT2D eigenvalue weighted by atomic mass is 35.5. The maximum atomic E-state index is 12.5. The van der Waals surface area contributed by atoms with E-state index < -0.39 is 0 Å². The van der Waals surface area contributed by atoms with Crippen LogP contribution in [0, 0.1) is 6.92 Å². The van der Waals surface area contributed by atoms with Crippen molar-refractivity contribution in [2.75, 3.05) is 0 Å². The SMILES string of the molecule is Cc1cc(-n2[nH]c3c(cnc4cc(Cl)ccc43)c2=O)cs1. The smallest absolute Gasteiger partial charge is 0.280 e. The van der Waals surface area contributed by atoms with Crippen molar-refractivity contribution in [3.05, 3.63) is 56.1 Å². The number of aromatic amines is 1. The molecule has 0 saturated heterocycles. The number of hydrogen-bond acceptors (Lipinski definition) is 3. The molecule has 0 aliphatic heterocycles. The molecule has 104 valence electrons. The molecule has 6 heteroatoms. The zero-order valence-corrected chi connectivity index (χ0v) is 12.6. The summed E-state index contributed by atoms with van der Waals surface area (Å²) in [6, 6.07) is 7.45. The van der Waals surface area contributed by atoms with E-state index in [0.717, 1.165) is 27.0 Å². The number of thiophene rings is 1. The van der Waals surface area contributed by atoms with Gasteiger partial charge in [0.25, 0.3) is 5.56 Å². The van der Waals surface area contributed by atoms with E-state index in [4.69, 9.17) is 11.6 Å². The first kappa shape index (κ1) is 12.6. The Hall–Kier alpha value is -2.11. The summed E-state index contributed by atoms with van der Waals surface area (Å²) in [5.74, 6) is 0. The van der Waals surface area contributed by atoms with Gasteiger partial charge in [-0.05, 0) is 31.2 Å². The fourth-order valence-corrected chi connectivity index (χ4v) is 3.30. The normalized spacial score (nSPS) is 11.5. The molecule has 4 rings (SSSR count). The van der Waals surface area contributed by atoms with Gasteiger partial charge in [0.05, 0.1) is 22.1 Å². The van der Waals surface area contributed by atoms with Crippen molar-refractivity contribution in [1.82, 2.24) is 14.8 Å². The van der Waals surface area contributed by atoms with Crippen LogP contribution in [0.5, 0.6) is 0 Å². The van der Waals surface area contributed by atoms with Crippen LogP contribution >= 0.6 is 22.9 Å². The molecule has 0 fully saturated rings. The summed E-state index contributed by atoms with van der Waals surface area (Å²) in [7, 11) is 0. The predicted molar refractivity (Wildman–Crippen MR) is 86.8 cm³/mol. The second-order valence-corrected chi connectivity index (χ2v) is 6.43. The molecule has 3 heterocycles. The number of aromatic nitrogens is 3. The van der Waals surface area contributed by atoms with Gasteiger partial charge in [-0.3, -0.25) is 14.9 Å².